The van der Waals surface area contributed by atoms with Crippen molar-refractivity contribution in [2.75, 3.05) is 39.8 Å². The smallest absolute Gasteiger partial charge is 0.191 e. The van der Waals surface area contributed by atoms with E-state index >= 15 is 0 Å². The third kappa shape index (κ3) is 8.39. The Hall–Kier alpha value is -1.39. The summed E-state index contributed by atoms with van der Waals surface area (Å²) in [6, 6.07) is 8.51. The molecule has 168 valence electrons. The molecule has 0 fully saturated rings. The standard InChI is InChI=1S/C22H35N5OS.HI/c1-6-23-22(24-13-12-21-25-15-17(4)29-21)26-16-20(27(7-2)8-3)18-10-9-11-19(14-18)28-5;/h9-11,14-15,20H,6-8,12-13,16H2,1-5H3,(H2,23,24,26);1H. The lowest BCUT2D eigenvalue weighted by Crippen LogP contribution is -2.39. The molecule has 1 aromatic heterocycles. The predicted molar refractivity (Wildman–Crippen MR) is 139 cm³/mol. The molecule has 0 aliphatic rings. The highest BCUT2D eigenvalue weighted by Crippen LogP contribution is 2.24. The summed E-state index contributed by atoms with van der Waals surface area (Å²) >= 11 is 1.75. The molecule has 1 unspecified atom stereocenters. The first-order valence-electron chi connectivity index (χ1n) is 10.4. The van der Waals surface area contributed by atoms with Crippen LogP contribution in [0.25, 0.3) is 0 Å². The van der Waals surface area contributed by atoms with Crippen molar-refractivity contribution >= 4 is 41.3 Å². The van der Waals surface area contributed by atoms with E-state index in [2.05, 4.69) is 60.3 Å². The fraction of sp³-hybridized carbons (Fsp3) is 0.545. The first-order valence-corrected chi connectivity index (χ1v) is 11.2. The first kappa shape index (κ1) is 26.6. The zero-order valence-electron chi connectivity index (χ0n) is 18.8. The van der Waals surface area contributed by atoms with Gasteiger partial charge in [0.1, 0.15) is 5.75 Å². The number of methoxy groups -OCH3 is 1. The summed E-state index contributed by atoms with van der Waals surface area (Å²) in [5.41, 5.74) is 1.23. The van der Waals surface area contributed by atoms with Crippen LogP contribution in [0.1, 0.15) is 42.3 Å². The predicted octanol–water partition coefficient (Wildman–Crippen LogP) is 4.26. The lowest BCUT2D eigenvalue weighted by molar-refractivity contribution is 0.224. The summed E-state index contributed by atoms with van der Waals surface area (Å²) in [5, 5.41) is 7.96. The van der Waals surface area contributed by atoms with E-state index in [1.165, 1.54) is 10.4 Å². The number of nitrogens with one attached hydrogen (secondary N) is 2. The van der Waals surface area contributed by atoms with Crippen LogP contribution in [-0.2, 0) is 6.42 Å². The molecule has 0 radical (unpaired) electrons. The third-order valence-electron chi connectivity index (χ3n) is 4.80. The van der Waals surface area contributed by atoms with Crippen LogP contribution in [-0.4, -0.2) is 55.7 Å². The maximum atomic E-state index is 5.43. The molecule has 1 aromatic carbocycles. The van der Waals surface area contributed by atoms with Gasteiger partial charge >= 0.3 is 0 Å². The Bertz CT molecular complexity index is 763. The molecule has 0 spiro atoms. The highest BCUT2D eigenvalue weighted by Gasteiger charge is 2.18. The van der Waals surface area contributed by atoms with E-state index in [9.17, 15) is 0 Å². The summed E-state index contributed by atoms with van der Waals surface area (Å²) < 4.78 is 5.43. The molecule has 2 aromatic rings. The molecule has 0 saturated carbocycles. The second-order valence-corrected chi connectivity index (χ2v) is 8.09. The van der Waals surface area contributed by atoms with Gasteiger partial charge in [0.05, 0.1) is 24.7 Å². The molecule has 1 atom stereocenters. The lowest BCUT2D eigenvalue weighted by atomic mass is 10.0. The van der Waals surface area contributed by atoms with Crippen molar-refractivity contribution in [1.29, 1.82) is 0 Å². The summed E-state index contributed by atoms with van der Waals surface area (Å²) in [7, 11) is 1.71. The number of nitrogens with zero attached hydrogens (tertiary/aromatic N) is 3. The third-order valence-corrected chi connectivity index (χ3v) is 5.77. The fourth-order valence-corrected chi connectivity index (χ4v) is 4.06. The average molecular weight is 546 g/mol. The lowest BCUT2D eigenvalue weighted by Gasteiger charge is -2.29. The van der Waals surface area contributed by atoms with Gasteiger partial charge in [0.25, 0.3) is 0 Å². The van der Waals surface area contributed by atoms with E-state index in [4.69, 9.17) is 9.73 Å². The maximum Gasteiger partial charge on any atom is 0.191 e. The number of ether oxygens (including phenoxy) is 1. The van der Waals surface area contributed by atoms with Crippen molar-refractivity contribution < 1.29 is 4.74 Å². The number of halogens is 1. The minimum atomic E-state index is 0. The summed E-state index contributed by atoms with van der Waals surface area (Å²) in [5.74, 6) is 1.73. The zero-order chi connectivity index (χ0) is 21.1. The van der Waals surface area contributed by atoms with E-state index in [0.29, 0.717) is 6.54 Å². The fourth-order valence-electron chi connectivity index (χ4n) is 3.27. The van der Waals surface area contributed by atoms with Crippen LogP contribution in [0.4, 0.5) is 0 Å². The second kappa shape index (κ2) is 14.6. The number of thiazole rings is 1. The molecule has 8 heteroatoms. The number of hydrogen-bond donors (Lipinski definition) is 2. The zero-order valence-corrected chi connectivity index (χ0v) is 21.9. The molecule has 2 N–H and O–H groups in total. The van der Waals surface area contributed by atoms with Gasteiger partial charge in [-0.3, -0.25) is 9.89 Å². The number of guanidine groups is 1. The molecule has 1 heterocycles. The Balaban J connectivity index is 0.00000450. The topological polar surface area (TPSA) is 61.8 Å². The SMILES string of the molecule is CCNC(=NCC(c1cccc(OC)c1)N(CC)CC)NCCc1ncc(C)s1.I. The monoisotopic (exact) mass is 545 g/mol. The van der Waals surface area contributed by atoms with Gasteiger partial charge in [0.15, 0.2) is 5.96 Å². The number of likely N-dealkylation sites (N-methyl/N-ethyl adjacent to an activating group) is 1. The molecule has 2 rings (SSSR count). The summed E-state index contributed by atoms with van der Waals surface area (Å²) in [4.78, 5) is 13.0. The Labute approximate surface area is 202 Å². The minimum absolute atomic E-state index is 0. The summed E-state index contributed by atoms with van der Waals surface area (Å²) in [6.07, 6.45) is 2.83. The Morgan fingerprint density at radius 3 is 2.60 bits per heavy atom. The number of aryl methyl sites for hydroxylation is 1. The highest BCUT2D eigenvalue weighted by molar-refractivity contribution is 14.0. The maximum absolute atomic E-state index is 5.43. The van der Waals surface area contributed by atoms with Gasteiger partial charge in [-0.1, -0.05) is 26.0 Å². The van der Waals surface area contributed by atoms with Crippen molar-refractivity contribution in [2.45, 2.75) is 40.2 Å². The van der Waals surface area contributed by atoms with Gasteiger partial charge in [-0.15, -0.1) is 35.3 Å². The number of hydrogen-bond acceptors (Lipinski definition) is 5. The van der Waals surface area contributed by atoms with Crippen molar-refractivity contribution in [2.24, 2.45) is 4.99 Å². The Morgan fingerprint density at radius 2 is 2.00 bits per heavy atom. The number of aliphatic imine (C=N–C) groups is 1. The second-order valence-electron chi connectivity index (χ2n) is 6.77. The quantitative estimate of drug-likeness (QED) is 0.251. The van der Waals surface area contributed by atoms with Crippen LogP contribution in [0.5, 0.6) is 5.75 Å². The number of rotatable bonds is 11. The largest absolute Gasteiger partial charge is 0.497 e. The van der Waals surface area contributed by atoms with Crippen LogP contribution in [0, 0.1) is 6.92 Å². The van der Waals surface area contributed by atoms with Crippen LogP contribution >= 0.6 is 35.3 Å². The molecular weight excluding hydrogens is 509 g/mol. The van der Waals surface area contributed by atoms with Crippen molar-refractivity contribution in [3.05, 3.63) is 45.9 Å². The van der Waals surface area contributed by atoms with Gasteiger partial charge < -0.3 is 15.4 Å². The Morgan fingerprint density at radius 1 is 1.23 bits per heavy atom. The minimum Gasteiger partial charge on any atom is -0.497 e. The Kier molecular flexibility index (Phi) is 13.0. The van der Waals surface area contributed by atoms with Crippen LogP contribution in [0.15, 0.2) is 35.5 Å². The molecule has 0 saturated heterocycles. The highest BCUT2D eigenvalue weighted by atomic mass is 127. The van der Waals surface area contributed by atoms with Gasteiger partial charge in [-0.2, -0.15) is 0 Å². The van der Waals surface area contributed by atoms with Crippen molar-refractivity contribution in [1.82, 2.24) is 20.5 Å². The van der Waals surface area contributed by atoms with Gasteiger partial charge in [0.2, 0.25) is 0 Å². The van der Waals surface area contributed by atoms with Crippen LogP contribution < -0.4 is 15.4 Å². The van der Waals surface area contributed by atoms with E-state index in [1.54, 1.807) is 18.4 Å². The van der Waals surface area contributed by atoms with E-state index in [-0.39, 0.29) is 30.0 Å². The number of benzene rings is 1. The van der Waals surface area contributed by atoms with Gasteiger partial charge in [-0.25, -0.2) is 4.98 Å². The normalized spacial score (nSPS) is 12.4. The van der Waals surface area contributed by atoms with E-state index in [0.717, 1.165) is 49.3 Å². The molecule has 6 nitrogen and oxygen atoms in total. The average Bonchev–Trinajstić information content (AvgIpc) is 3.16. The van der Waals surface area contributed by atoms with Crippen LogP contribution in [0.2, 0.25) is 0 Å². The van der Waals surface area contributed by atoms with Crippen molar-refractivity contribution in [3.8, 4) is 5.75 Å². The molecule has 0 amide bonds. The molecule has 0 aliphatic heterocycles. The van der Waals surface area contributed by atoms with Gasteiger partial charge in [-0.05, 0) is 44.6 Å². The molecule has 30 heavy (non-hydrogen) atoms. The van der Waals surface area contributed by atoms with Crippen LogP contribution in [0.3, 0.4) is 0 Å². The molecule has 0 bridgehead atoms. The first-order chi connectivity index (χ1) is 14.1. The summed E-state index contributed by atoms with van der Waals surface area (Å²) in [6.45, 7) is 12.8. The van der Waals surface area contributed by atoms with Gasteiger partial charge in [0, 0.05) is 30.6 Å². The van der Waals surface area contributed by atoms with E-state index < -0.39 is 0 Å². The van der Waals surface area contributed by atoms with Crippen molar-refractivity contribution in [3.63, 3.8) is 0 Å². The number of aromatic nitrogens is 1. The molecule has 0 aliphatic carbocycles. The van der Waals surface area contributed by atoms with E-state index in [1.807, 2.05) is 18.3 Å². The molecular formula is C22H36IN5OS.